The van der Waals surface area contributed by atoms with Crippen LogP contribution < -0.4 is 5.32 Å². The van der Waals surface area contributed by atoms with Crippen molar-refractivity contribution in [3.05, 3.63) is 40.1 Å². The van der Waals surface area contributed by atoms with Crippen molar-refractivity contribution in [2.24, 2.45) is 0 Å². The minimum atomic E-state index is -0.0296. The topological polar surface area (TPSA) is 42.7 Å². The molecular formula is C14H19BrN4. The maximum Gasteiger partial charge on any atom is 0.102 e. The van der Waals surface area contributed by atoms with E-state index in [1.165, 1.54) is 5.56 Å². The van der Waals surface area contributed by atoms with Crippen LogP contribution in [-0.4, -0.2) is 15.0 Å². The van der Waals surface area contributed by atoms with Crippen molar-refractivity contribution in [3.8, 4) is 0 Å². The molecule has 1 aromatic carbocycles. The zero-order valence-corrected chi connectivity index (χ0v) is 13.3. The highest BCUT2D eigenvalue weighted by Gasteiger charge is 2.14. The van der Waals surface area contributed by atoms with Crippen LogP contribution in [0, 0.1) is 6.92 Å². The molecule has 102 valence electrons. The molecule has 2 rings (SSSR count). The van der Waals surface area contributed by atoms with E-state index >= 15 is 0 Å². The van der Waals surface area contributed by atoms with Gasteiger partial charge in [0.25, 0.3) is 0 Å². The molecule has 0 aliphatic carbocycles. The fourth-order valence-corrected chi connectivity index (χ4v) is 1.98. The maximum atomic E-state index is 4.18. The Bertz CT molecular complexity index is 569. The van der Waals surface area contributed by atoms with Gasteiger partial charge in [-0.05, 0) is 45.4 Å². The van der Waals surface area contributed by atoms with Crippen molar-refractivity contribution < 1.29 is 0 Å². The maximum absolute atomic E-state index is 4.18. The van der Waals surface area contributed by atoms with Crippen LogP contribution in [0.2, 0.25) is 0 Å². The lowest BCUT2D eigenvalue weighted by Gasteiger charge is -2.17. The minimum absolute atomic E-state index is 0.0296. The Hall–Kier alpha value is -1.36. The summed E-state index contributed by atoms with van der Waals surface area (Å²) in [5.41, 5.74) is 3.21. The van der Waals surface area contributed by atoms with E-state index in [0.717, 1.165) is 15.9 Å². The van der Waals surface area contributed by atoms with Crippen molar-refractivity contribution >= 4 is 21.6 Å². The largest absolute Gasteiger partial charge is 0.379 e. The third-order valence-corrected chi connectivity index (χ3v) is 3.73. The second-order valence-corrected chi connectivity index (χ2v) is 6.50. The fourth-order valence-electron chi connectivity index (χ4n) is 1.60. The number of hydrogen-bond acceptors (Lipinski definition) is 3. The van der Waals surface area contributed by atoms with E-state index in [2.05, 4.69) is 77.5 Å². The molecule has 0 saturated carbocycles. The highest BCUT2D eigenvalue weighted by molar-refractivity contribution is 9.10. The summed E-state index contributed by atoms with van der Waals surface area (Å²) in [7, 11) is 0. The molecule has 0 bridgehead atoms. The van der Waals surface area contributed by atoms with Crippen LogP contribution in [0.4, 0.5) is 5.69 Å². The number of halogens is 1. The number of nitrogens with zero attached hydrogens (tertiary/aromatic N) is 3. The first-order chi connectivity index (χ1) is 8.86. The van der Waals surface area contributed by atoms with Gasteiger partial charge < -0.3 is 5.32 Å². The molecular weight excluding hydrogens is 304 g/mol. The molecule has 0 amide bonds. The van der Waals surface area contributed by atoms with Gasteiger partial charge in [0.1, 0.15) is 5.69 Å². The first kappa shape index (κ1) is 14.1. The molecule has 0 saturated heterocycles. The van der Waals surface area contributed by atoms with Gasteiger partial charge in [-0.2, -0.15) is 0 Å². The second kappa shape index (κ2) is 5.33. The smallest absolute Gasteiger partial charge is 0.102 e. The van der Waals surface area contributed by atoms with E-state index < -0.39 is 0 Å². The molecule has 1 N–H and O–H groups in total. The van der Waals surface area contributed by atoms with Crippen LogP contribution in [0.3, 0.4) is 0 Å². The van der Waals surface area contributed by atoms with Gasteiger partial charge in [-0.3, -0.25) is 0 Å². The average Bonchev–Trinajstić information content (AvgIpc) is 2.79. The van der Waals surface area contributed by atoms with Crippen molar-refractivity contribution in [1.29, 1.82) is 0 Å². The Labute approximate surface area is 122 Å². The number of aryl methyl sites for hydroxylation is 1. The number of nitrogens with one attached hydrogen (secondary N) is 1. The van der Waals surface area contributed by atoms with Gasteiger partial charge in [-0.1, -0.05) is 27.2 Å². The van der Waals surface area contributed by atoms with Gasteiger partial charge in [0.05, 0.1) is 18.3 Å². The summed E-state index contributed by atoms with van der Waals surface area (Å²) in [6.07, 6.45) is 1.98. The summed E-state index contributed by atoms with van der Waals surface area (Å²) in [5, 5.41) is 11.7. The van der Waals surface area contributed by atoms with Crippen LogP contribution in [-0.2, 0) is 12.1 Å². The number of rotatable bonds is 3. The summed E-state index contributed by atoms with van der Waals surface area (Å²) in [4.78, 5) is 0. The second-order valence-electron chi connectivity index (χ2n) is 5.64. The third-order valence-electron chi connectivity index (χ3n) is 2.87. The van der Waals surface area contributed by atoms with Gasteiger partial charge in [-0.15, -0.1) is 5.10 Å². The number of anilines is 1. The number of hydrogen-bond donors (Lipinski definition) is 1. The quantitative estimate of drug-likeness (QED) is 0.936. The van der Waals surface area contributed by atoms with Crippen LogP contribution in [0.15, 0.2) is 28.9 Å². The molecule has 2 aromatic rings. The van der Waals surface area contributed by atoms with Gasteiger partial charge in [0.15, 0.2) is 0 Å². The molecule has 0 atom stereocenters. The molecule has 0 fully saturated rings. The molecule has 5 heteroatoms. The summed E-state index contributed by atoms with van der Waals surface area (Å²) in [6, 6.07) is 6.22. The van der Waals surface area contributed by atoms with E-state index in [9.17, 15) is 0 Å². The molecule has 1 heterocycles. The first-order valence-electron chi connectivity index (χ1n) is 6.28. The summed E-state index contributed by atoms with van der Waals surface area (Å²) in [6.45, 7) is 9.07. The molecule has 19 heavy (non-hydrogen) atoms. The lowest BCUT2D eigenvalue weighted by molar-refractivity contribution is 0.347. The number of aromatic nitrogens is 3. The van der Waals surface area contributed by atoms with E-state index in [1.807, 2.05) is 10.9 Å². The van der Waals surface area contributed by atoms with Gasteiger partial charge in [-0.25, -0.2) is 4.68 Å². The van der Waals surface area contributed by atoms with Crippen LogP contribution in [0.1, 0.15) is 32.0 Å². The Balaban J connectivity index is 2.02. The standard InChI is InChI=1S/C14H19BrN4/c1-10-5-6-11(7-13(10)15)16-8-12-9-19(18-17-12)14(2,3)4/h5-7,9,16H,8H2,1-4H3. The van der Waals surface area contributed by atoms with E-state index in [-0.39, 0.29) is 5.54 Å². The third kappa shape index (κ3) is 3.56. The summed E-state index contributed by atoms with van der Waals surface area (Å²) < 4.78 is 2.99. The lowest BCUT2D eigenvalue weighted by Crippen LogP contribution is -2.22. The van der Waals surface area contributed by atoms with Crippen molar-refractivity contribution in [2.75, 3.05) is 5.32 Å². The van der Waals surface area contributed by atoms with E-state index in [4.69, 9.17) is 0 Å². The number of benzene rings is 1. The van der Waals surface area contributed by atoms with Crippen LogP contribution in [0.5, 0.6) is 0 Å². The normalized spacial score (nSPS) is 11.6. The van der Waals surface area contributed by atoms with Gasteiger partial charge in [0.2, 0.25) is 0 Å². The van der Waals surface area contributed by atoms with Crippen molar-refractivity contribution in [3.63, 3.8) is 0 Å². The zero-order valence-electron chi connectivity index (χ0n) is 11.7. The molecule has 0 aliphatic heterocycles. The lowest BCUT2D eigenvalue weighted by atomic mass is 10.1. The molecule has 4 nitrogen and oxygen atoms in total. The molecule has 1 aromatic heterocycles. The fraction of sp³-hybridized carbons (Fsp3) is 0.429. The zero-order chi connectivity index (χ0) is 14.0. The van der Waals surface area contributed by atoms with Crippen LogP contribution >= 0.6 is 15.9 Å². The van der Waals surface area contributed by atoms with Gasteiger partial charge >= 0.3 is 0 Å². The first-order valence-corrected chi connectivity index (χ1v) is 7.07. The Kier molecular flexibility index (Phi) is 3.94. The molecule has 0 spiro atoms. The monoisotopic (exact) mass is 322 g/mol. The van der Waals surface area contributed by atoms with Crippen LogP contribution in [0.25, 0.3) is 0 Å². The Morgan fingerprint density at radius 2 is 2.05 bits per heavy atom. The highest BCUT2D eigenvalue weighted by atomic mass is 79.9. The predicted octanol–water partition coefficient (Wildman–Crippen LogP) is 3.72. The summed E-state index contributed by atoms with van der Waals surface area (Å²) >= 11 is 3.53. The minimum Gasteiger partial charge on any atom is -0.379 e. The molecule has 0 unspecified atom stereocenters. The molecule has 0 radical (unpaired) electrons. The van der Waals surface area contributed by atoms with Crippen molar-refractivity contribution in [1.82, 2.24) is 15.0 Å². The Morgan fingerprint density at radius 1 is 1.32 bits per heavy atom. The van der Waals surface area contributed by atoms with E-state index in [1.54, 1.807) is 0 Å². The summed E-state index contributed by atoms with van der Waals surface area (Å²) in [5.74, 6) is 0. The SMILES string of the molecule is Cc1ccc(NCc2cn(C(C)(C)C)nn2)cc1Br. The highest BCUT2D eigenvalue weighted by Crippen LogP contribution is 2.21. The average molecular weight is 323 g/mol. The molecule has 0 aliphatic rings. The van der Waals surface area contributed by atoms with E-state index in [0.29, 0.717) is 6.54 Å². The van der Waals surface area contributed by atoms with Gasteiger partial charge in [0, 0.05) is 10.2 Å². The van der Waals surface area contributed by atoms with Crippen molar-refractivity contribution in [2.45, 2.75) is 39.8 Å². The Morgan fingerprint density at radius 3 is 2.63 bits per heavy atom. The predicted molar refractivity (Wildman–Crippen MR) is 81.2 cm³/mol.